The SMILES string of the molecule is O=C=C1C=CC=N1. The second-order valence-corrected chi connectivity index (χ2v) is 1.12. The van der Waals surface area contributed by atoms with E-state index in [2.05, 4.69) is 4.99 Å². The first-order valence-corrected chi connectivity index (χ1v) is 1.89. The molecule has 0 aliphatic carbocycles. The van der Waals surface area contributed by atoms with Crippen LogP contribution in [0.15, 0.2) is 22.8 Å². The van der Waals surface area contributed by atoms with Crippen LogP contribution in [0.1, 0.15) is 0 Å². The zero-order valence-corrected chi connectivity index (χ0v) is 3.59. The van der Waals surface area contributed by atoms with Crippen LogP contribution in [0.4, 0.5) is 0 Å². The number of allylic oxidation sites excluding steroid dienone is 2. The van der Waals surface area contributed by atoms with Gasteiger partial charge in [-0.2, -0.15) is 0 Å². The lowest BCUT2D eigenvalue weighted by Crippen LogP contribution is -1.61. The number of nitrogens with zero attached hydrogens (tertiary/aromatic N) is 1. The van der Waals surface area contributed by atoms with Crippen LogP contribution in [0.2, 0.25) is 0 Å². The van der Waals surface area contributed by atoms with Gasteiger partial charge in [-0.1, -0.05) is 0 Å². The molecule has 2 nitrogen and oxygen atoms in total. The van der Waals surface area contributed by atoms with Gasteiger partial charge in [0.2, 0.25) is 0 Å². The predicted molar refractivity (Wildman–Crippen MR) is 26.8 cm³/mol. The van der Waals surface area contributed by atoms with Crippen molar-refractivity contribution in [2.45, 2.75) is 0 Å². The second-order valence-electron chi connectivity index (χ2n) is 1.12. The Balaban J connectivity index is 3.00. The molecule has 0 spiro atoms. The molecule has 1 aliphatic heterocycles. The molecule has 0 bridgehead atoms. The minimum absolute atomic E-state index is 0.375. The molecule has 0 N–H and O–H groups in total. The van der Waals surface area contributed by atoms with Crippen LogP contribution < -0.4 is 0 Å². The van der Waals surface area contributed by atoms with E-state index in [9.17, 15) is 4.79 Å². The molecule has 1 aliphatic rings. The summed E-state index contributed by atoms with van der Waals surface area (Å²) < 4.78 is 0. The average Bonchev–Trinajstić information content (AvgIpc) is 2.14. The molecule has 1 heterocycles. The summed E-state index contributed by atoms with van der Waals surface area (Å²) in [5.74, 6) is 1.65. The van der Waals surface area contributed by atoms with Crippen molar-refractivity contribution in [3.8, 4) is 0 Å². The molecule has 0 aromatic rings. The van der Waals surface area contributed by atoms with E-state index in [1.807, 2.05) is 0 Å². The highest BCUT2D eigenvalue weighted by molar-refractivity contribution is 5.80. The molecule has 0 aromatic carbocycles. The normalized spacial score (nSPS) is 15.1. The van der Waals surface area contributed by atoms with Crippen LogP contribution in [0, 0.1) is 0 Å². The lowest BCUT2D eigenvalue weighted by Gasteiger charge is -1.68. The third kappa shape index (κ3) is 0.643. The van der Waals surface area contributed by atoms with Gasteiger partial charge in [0.1, 0.15) is 5.70 Å². The number of rotatable bonds is 0. The van der Waals surface area contributed by atoms with E-state index in [0.717, 1.165) is 0 Å². The van der Waals surface area contributed by atoms with E-state index < -0.39 is 0 Å². The first-order chi connectivity index (χ1) is 3.43. The lowest BCUT2D eigenvalue weighted by atomic mass is 10.5. The second kappa shape index (κ2) is 1.54. The van der Waals surface area contributed by atoms with Crippen LogP contribution >= 0.6 is 0 Å². The van der Waals surface area contributed by atoms with Gasteiger partial charge in [-0.25, -0.2) is 9.79 Å². The molecular weight excluding hydrogens is 90.1 g/mol. The minimum atomic E-state index is 0.375. The van der Waals surface area contributed by atoms with Crippen molar-refractivity contribution in [1.82, 2.24) is 0 Å². The maximum atomic E-state index is 9.68. The van der Waals surface area contributed by atoms with Gasteiger partial charge >= 0.3 is 0 Å². The Morgan fingerprint density at radius 1 is 1.71 bits per heavy atom. The van der Waals surface area contributed by atoms with Crippen LogP contribution in [0.5, 0.6) is 0 Å². The summed E-state index contributed by atoms with van der Waals surface area (Å²) in [5, 5.41) is 0. The first-order valence-electron chi connectivity index (χ1n) is 1.89. The Hall–Kier alpha value is -1.14. The zero-order valence-electron chi connectivity index (χ0n) is 3.59. The van der Waals surface area contributed by atoms with Crippen molar-refractivity contribution in [3.63, 3.8) is 0 Å². The highest BCUT2D eigenvalue weighted by Gasteiger charge is 1.88. The van der Waals surface area contributed by atoms with Gasteiger partial charge < -0.3 is 0 Å². The summed E-state index contributed by atoms with van der Waals surface area (Å²) in [6, 6.07) is 0. The topological polar surface area (TPSA) is 29.4 Å². The maximum Gasteiger partial charge on any atom is 0.152 e. The van der Waals surface area contributed by atoms with E-state index in [4.69, 9.17) is 0 Å². The standard InChI is InChI=1S/C5H3NO/c7-4-5-2-1-3-6-5/h1-3H. The van der Waals surface area contributed by atoms with Gasteiger partial charge in [0.15, 0.2) is 5.94 Å². The van der Waals surface area contributed by atoms with Crippen molar-refractivity contribution >= 4 is 12.2 Å². The van der Waals surface area contributed by atoms with E-state index in [1.54, 1.807) is 24.3 Å². The predicted octanol–water partition coefficient (Wildman–Crippen LogP) is 0.342. The maximum absolute atomic E-state index is 9.68. The Morgan fingerprint density at radius 2 is 2.57 bits per heavy atom. The lowest BCUT2D eigenvalue weighted by molar-refractivity contribution is 0.567. The molecule has 0 radical (unpaired) electrons. The third-order valence-corrected chi connectivity index (χ3v) is 0.658. The van der Waals surface area contributed by atoms with Crippen LogP contribution in [0.3, 0.4) is 0 Å². The molecule has 2 heteroatoms. The molecule has 0 unspecified atom stereocenters. The molecule has 0 amide bonds. The van der Waals surface area contributed by atoms with E-state index in [1.165, 1.54) is 0 Å². The fourth-order valence-corrected chi connectivity index (χ4v) is 0.361. The molecule has 0 atom stereocenters. The zero-order chi connectivity index (χ0) is 5.11. The molecule has 7 heavy (non-hydrogen) atoms. The Morgan fingerprint density at radius 3 is 2.86 bits per heavy atom. The van der Waals surface area contributed by atoms with Crippen molar-refractivity contribution in [2.24, 2.45) is 4.99 Å². The molecule has 0 saturated carbocycles. The fourth-order valence-electron chi connectivity index (χ4n) is 0.361. The van der Waals surface area contributed by atoms with Crippen molar-refractivity contribution in [3.05, 3.63) is 17.8 Å². The highest BCUT2D eigenvalue weighted by atomic mass is 16.1. The van der Waals surface area contributed by atoms with E-state index in [0.29, 0.717) is 5.70 Å². The van der Waals surface area contributed by atoms with E-state index >= 15 is 0 Å². The summed E-state index contributed by atoms with van der Waals surface area (Å²) >= 11 is 0. The Labute approximate surface area is 40.9 Å². The quantitative estimate of drug-likeness (QED) is 0.397. The van der Waals surface area contributed by atoms with Crippen molar-refractivity contribution in [1.29, 1.82) is 0 Å². The summed E-state index contributed by atoms with van der Waals surface area (Å²) in [6.07, 6.45) is 4.85. The van der Waals surface area contributed by atoms with Gasteiger partial charge in [0.25, 0.3) is 0 Å². The Bertz CT molecular complexity index is 159. The number of hydrogen-bond acceptors (Lipinski definition) is 2. The smallest absolute Gasteiger partial charge is 0.152 e. The molecule has 0 aromatic heterocycles. The fraction of sp³-hybridized carbons (Fsp3) is 0. The molecule has 1 rings (SSSR count). The minimum Gasteiger partial charge on any atom is -0.245 e. The van der Waals surface area contributed by atoms with Crippen molar-refractivity contribution in [2.75, 3.05) is 0 Å². The average molecular weight is 93.1 g/mol. The van der Waals surface area contributed by atoms with Crippen LogP contribution in [-0.2, 0) is 4.79 Å². The molecule has 34 valence electrons. The summed E-state index contributed by atoms with van der Waals surface area (Å²) in [6.45, 7) is 0. The molecular formula is C5H3NO. The number of aliphatic imine (C=N–C) groups is 1. The Kier molecular flexibility index (Phi) is 0.886. The van der Waals surface area contributed by atoms with Gasteiger partial charge in [-0.05, 0) is 12.2 Å². The number of hydrogen-bond donors (Lipinski definition) is 0. The van der Waals surface area contributed by atoms with Crippen LogP contribution in [0.25, 0.3) is 0 Å². The number of carbonyl (C=O) groups excluding carboxylic acids is 1. The molecule has 0 fully saturated rings. The largest absolute Gasteiger partial charge is 0.245 e. The monoisotopic (exact) mass is 93.0 g/mol. The first kappa shape index (κ1) is 4.03. The summed E-state index contributed by atoms with van der Waals surface area (Å²) in [7, 11) is 0. The van der Waals surface area contributed by atoms with Gasteiger partial charge in [0, 0.05) is 6.21 Å². The van der Waals surface area contributed by atoms with E-state index in [-0.39, 0.29) is 0 Å². The summed E-state index contributed by atoms with van der Waals surface area (Å²) in [5.41, 5.74) is 0.375. The molecule has 0 saturated heterocycles. The van der Waals surface area contributed by atoms with Gasteiger partial charge in [-0.3, -0.25) is 0 Å². The van der Waals surface area contributed by atoms with Crippen LogP contribution in [-0.4, -0.2) is 12.2 Å². The van der Waals surface area contributed by atoms with Gasteiger partial charge in [-0.15, -0.1) is 0 Å². The van der Waals surface area contributed by atoms with Gasteiger partial charge in [0.05, 0.1) is 0 Å². The highest BCUT2D eigenvalue weighted by Crippen LogP contribution is 1.96. The van der Waals surface area contributed by atoms with Crippen molar-refractivity contribution < 1.29 is 4.79 Å². The summed E-state index contributed by atoms with van der Waals surface area (Å²) in [4.78, 5) is 13.3. The third-order valence-electron chi connectivity index (χ3n) is 0.658.